The van der Waals surface area contributed by atoms with Gasteiger partial charge in [0.05, 0.1) is 10.7 Å². The lowest BCUT2D eigenvalue weighted by molar-refractivity contribution is 0.171. The van der Waals surface area contributed by atoms with E-state index < -0.39 is 0 Å². The fourth-order valence-corrected chi connectivity index (χ4v) is 2.58. The Balaban J connectivity index is 1.77. The lowest BCUT2D eigenvalue weighted by atomic mass is 10.2. The van der Waals surface area contributed by atoms with Gasteiger partial charge in [-0.25, -0.2) is 0 Å². The van der Waals surface area contributed by atoms with Crippen molar-refractivity contribution in [3.05, 3.63) is 45.7 Å². The fraction of sp³-hybridized carbons (Fsp3) is 0.214. The number of rotatable bonds is 3. The van der Waals surface area contributed by atoms with Crippen molar-refractivity contribution in [1.29, 1.82) is 0 Å². The molecule has 1 aliphatic heterocycles. The van der Waals surface area contributed by atoms with Crippen LogP contribution in [-0.2, 0) is 6.54 Å². The Kier molecular flexibility index (Phi) is 3.98. The molecule has 6 heteroatoms. The molecule has 0 bridgehead atoms. The molecule has 0 saturated carbocycles. The molecule has 2 aromatic rings. The monoisotopic (exact) mass is 354 g/mol. The normalized spacial score (nSPS) is 13.1. The zero-order valence-corrected chi connectivity index (χ0v) is 12.9. The lowest BCUT2D eigenvalue weighted by Crippen LogP contribution is -2.15. The minimum atomic E-state index is 0.555. The van der Waals surface area contributed by atoms with Gasteiger partial charge in [-0.3, -0.25) is 4.98 Å². The fourth-order valence-electron chi connectivity index (χ4n) is 1.95. The third kappa shape index (κ3) is 2.99. The summed E-state index contributed by atoms with van der Waals surface area (Å²) in [5.74, 6) is 1.41. The molecule has 0 amide bonds. The second-order valence-corrected chi connectivity index (χ2v) is 5.66. The molecule has 1 aromatic heterocycles. The van der Waals surface area contributed by atoms with Crippen LogP contribution in [0.5, 0.6) is 11.5 Å². The van der Waals surface area contributed by atoms with E-state index in [4.69, 9.17) is 21.1 Å². The van der Waals surface area contributed by atoms with E-state index in [9.17, 15) is 0 Å². The minimum Gasteiger partial charge on any atom is -0.486 e. The molecule has 0 spiro atoms. The van der Waals surface area contributed by atoms with Crippen LogP contribution >= 0.6 is 27.5 Å². The molecule has 1 N–H and O–H groups in total. The molecular weight excluding hydrogens is 344 g/mol. The third-order valence-corrected chi connectivity index (χ3v) is 3.62. The van der Waals surface area contributed by atoms with Crippen molar-refractivity contribution in [2.24, 2.45) is 0 Å². The van der Waals surface area contributed by atoms with Crippen LogP contribution in [0.2, 0.25) is 5.02 Å². The maximum atomic E-state index is 6.24. The maximum absolute atomic E-state index is 6.24. The summed E-state index contributed by atoms with van der Waals surface area (Å²) in [5.41, 5.74) is 1.88. The molecule has 0 unspecified atom stereocenters. The van der Waals surface area contributed by atoms with Crippen LogP contribution in [-0.4, -0.2) is 18.2 Å². The smallest absolute Gasteiger partial charge is 0.163 e. The highest BCUT2D eigenvalue weighted by molar-refractivity contribution is 9.10. The number of aromatic nitrogens is 1. The van der Waals surface area contributed by atoms with Crippen molar-refractivity contribution in [3.63, 3.8) is 0 Å². The van der Waals surface area contributed by atoms with Crippen LogP contribution in [0.15, 0.2) is 35.1 Å². The zero-order valence-electron chi connectivity index (χ0n) is 10.5. The Hall–Kier alpha value is -1.46. The second-order valence-electron chi connectivity index (χ2n) is 4.34. The first-order valence-corrected chi connectivity index (χ1v) is 7.32. The van der Waals surface area contributed by atoms with Gasteiger partial charge in [-0.05, 0) is 27.6 Å². The van der Waals surface area contributed by atoms with Gasteiger partial charge < -0.3 is 14.8 Å². The van der Waals surface area contributed by atoms with Crippen LogP contribution in [0.25, 0.3) is 0 Å². The summed E-state index contributed by atoms with van der Waals surface area (Å²) in [6, 6.07) is 5.64. The van der Waals surface area contributed by atoms with Crippen molar-refractivity contribution in [3.8, 4) is 11.5 Å². The van der Waals surface area contributed by atoms with Gasteiger partial charge in [-0.2, -0.15) is 0 Å². The van der Waals surface area contributed by atoms with Gasteiger partial charge in [0.1, 0.15) is 13.2 Å². The Labute approximate surface area is 130 Å². The summed E-state index contributed by atoms with van der Waals surface area (Å²) in [4.78, 5) is 4.12. The Morgan fingerprint density at radius 2 is 1.90 bits per heavy atom. The van der Waals surface area contributed by atoms with Crippen molar-refractivity contribution in [2.75, 3.05) is 18.5 Å². The Morgan fingerprint density at radius 1 is 1.15 bits per heavy atom. The molecular formula is C14H12BrClN2O2. The average Bonchev–Trinajstić information content (AvgIpc) is 2.45. The second kappa shape index (κ2) is 5.89. The number of fused-ring (bicyclic) bond motifs is 1. The van der Waals surface area contributed by atoms with Crippen LogP contribution < -0.4 is 14.8 Å². The average molecular weight is 356 g/mol. The highest BCUT2D eigenvalue weighted by atomic mass is 79.9. The summed E-state index contributed by atoms with van der Waals surface area (Å²) < 4.78 is 12.0. The van der Waals surface area contributed by atoms with Crippen molar-refractivity contribution >= 4 is 33.2 Å². The van der Waals surface area contributed by atoms with E-state index >= 15 is 0 Å². The van der Waals surface area contributed by atoms with Crippen molar-refractivity contribution in [2.45, 2.75) is 6.54 Å². The summed E-state index contributed by atoms with van der Waals surface area (Å²) >= 11 is 9.64. The Morgan fingerprint density at radius 3 is 2.65 bits per heavy atom. The number of nitrogens with zero attached hydrogens (tertiary/aromatic N) is 1. The number of halogens is 2. The first-order valence-electron chi connectivity index (χ1n) is 6.15. The summed E-state index contributed by atoms with van der Waals surface area (Å²) in [7, 11) is 0. The standard InChI is InChI=1S/C14H12BrClN2O2/c15-10-3-9(6-17-8-10)7-18-12-5-14-13(4-11(12)16)19-1-2-20-14/h3-6,8,18H,1-2,7H2. The molecule has 1 aromatic carbocycles. The lowest BCUT2D eigenvalue weighted by Gasteiger charge is -2.20. The topological polar surface area (TPSA) is 43.4 Å². The van der Waals surface area contributed by atoms with Crippen LogP contribution in [0, 0.1) is 0 Å². The van der Waals surface area contributed by atoms with Gasteiger partial charge in [-0.15, -0.1) is 0 Å². The third-order valence-electron chi connectivity index (χ3n) is 2.88. The minimum absolute atomic E-state index is 0.555. The predicted octanol–water partition coefficient (Wildman–Crippen LogP) is 3.88. The largest absolute Gasteiger partial charge is 0.486 e. The number of hydrogen-bond donors (Lipinski definition) is 1. The van der Waals surface area contributed by atoms with E-state index in [2.05, 4.69) is 26.2 Å². The van der Waals surface area contributed by atoms with E-state index in [1.807, 2.05) is 18.3 Å². The molecule has 104 valence electrons. The van der Waals surface area contributed by atoms with Gasteiger partial charge in [-0.1, -0.05) is 11.6 Å². The van der Waals surface area contributed by atoms with Gasteiger partial charge in [0.2, 0.25) is 0 Å². The van der Waals surface area contributed by atoms with Gasteiger partial charge in [0.25, 0.3) is 0 Å². The van der Waals surface area contributed by atoms with Crippen molar-refractivity contribution < 1.29 is 9.47 Å². The molecule has 0 fully saturated rings. The molecule has 0 atom stereocenters. The van der Waals surface area contributed by atoms with Crippen molar-refractivity contribution in [1.82, 2.24) is 4.98 Å². The molecule has 0 aliphatic carbocycles. The highest BCUT2D eigenvalue weighted by Gasteiger charge is 2.14. The molecule has 0 radical (unpaired) electrons. The first kappa shape index (κ1) is 13.5. The van der Waals surface area contributed by atoms with Crippen LogP contribution in [0.1, 0.15) is 5.56 Å². The first-order chi connectivity index (χ1) is 9.72. The van der Waals surface area contributed by atoms with Crippen LogP contribution in [0.3, 0.4) is 0 Å². The number of benzene rings is 1. The maximum Gasteiger partial charge on any atom is 0.163 e. The van der Waals surface area contributed by atoms with E-state index in [1.165, 1.54) is 0 Å². The Bertz CT molecular complexity index is 637. The molecule has 2 heterocycles. The predicted molar refractivity (Wildman–Crippen MR) is 81.7 cm³/mol. The van der Waals surface area contributed by atoms with E-state index in [0.717, 1.165) is 21.5 Å². The molecule has 1 aliphatic rings. The van der Waals surface area contributed by atoms with Gasteiger partial charge >= 0.3 is 0 Å². The van der Waals surface area contributed by atoms with E-state index in [-0.39, 0.29) is 0 Å². The summed E-state index contributed by atoms with van der Waals surface area (Å²) in [5, 5.41) is 3.89. The summed E-state index contributed by atoms with van der Waals surface area (Å²) in [6.45, 7) is 1.75. The SMILES string of the molecule is Clc1cc2c(cc1NCc1cncc(Br)c1)OCCO2. The van der Waals surface area contributed by atoms with Gasteiger partial charge in [0.15, 0.2) is 11.5 Å². The number of ether oxygens (including phenoxy) is 2. The number of pyridine rings is 1. The molecule has 4 nitrogen and oxygen atoms in total. The zero-order chi connectivity index (χ0) is 13.9. The molecule has 20 heavy (non-hydrogen) atoms. The summed E-state index contributed by atoms with van der Waals surface area (Å²) in [6.07, 6.45) is 3.56. The number of anilines is 1. The van der Waals surface area contributed by atoms with E-state index in [0.29, 0.717) is 30.5 Å². The quantitative estimate of drug-likeness (QED) is 0.907. The number of hydrogen-bond acceptors (Lipinski definition) is 4. The van der Waals surface area contributed by atoms with Gasteiger partial charge in [0, 0.05) is 35.5 Å². The molecule has 3 rings (SSSR count). The number of nitrogens with one attached hydrogen (secondary N) is 1. The molecule has 0 saturated heterocycles. The van der Waals surface area contributed by atoms with E-state index in [1.54, 1.807) is 12.3 Å². The highest BCUT2D eigenvalue weighted by Crippen LogP contribution is 2.38. The van der Waals surface area contributed by atoms with Crippen LogP contribution in [0.4, 0.5) is 5.69 Å².